The summed E-state index contributed by atoms with van der Waals surface area (Å²) in [6.07, 6.45) is 1.15. The van der Waals surface area contributed by atoms with Crippen molar-refractivity contribution in [3.63, 3.8) is 0 Å². The Labute approximate surface area is 189 Å². The zero-order valence-corrected chi connectivity index (χ0v) is 19.3. The summed E-state index contributed by atoms with van der Waals surface area (Å²) in [5.74, 6) is 0.425. The lowest BCUT2D eigenvalue weighted by molar-refractivity contribution is 0.0940. The molecule has 1 N–H and O–H groups in total. The fourth-order valence-electron chi connectivity index (χ4n) is 3.39. The largest absolute Gasteiger partial charge is 0.494 e. The minimum absolute atomic E-state index is 0.137. The Kier molecular flexibility index (Phi) is 7.53. The fourth-order valence-corrected chi connectivity index (χ4v) is 4.29. The van der Waals surface area contributed by atoms with Gasteiger partial charge in [-0.25, -0.2) is 8.42 Å². The number of ether oxygens (including phenoxy) is 1. The minimum atomic E-state index is -3.62. The number of sulfonamides is 1. The van der Waals surface area contributed by atoms with Crippen LogP contribution in [0.15, 0.2) is 78.9 Å². The number of carbonyl (C=O) groups is 1. The van der Waals surface area contributed by atoms with E-state index in [9.17, 15) is 13.2 Å². The SMILES string of the molecule is CCOc1ccc([C@H](C)NC(=O)c2ccccc2N(Cc2ccccc2)S(C)(=O)=O)cc1. The number of para-hydroxylation sites is 1. The molecular formula is C25H28N2O4S. The first-order valence-corrected chi connectivity index (χ1v) is 12.3. The minimum Gasteiger partial charge on any atom is -0.494 e. The van der Waals surface area contributed by atoms with E-state index in [0.29, 0.717) is 17.9 Å². The van der Waals surface area contributed by atoms with Crippen molar-refractivity contribution in [3.05, 3.63) is 95.6 Å². The molecule has 0 saturated carbocycles. The maximum absolute atomic E-state index is 13.1. The summed E-state index contributed by atoms with van der Waals surface area (Å²) in [7, 11) is -3.62. The number of anilines is 1. The molecule has 0 heterocycles. The first-order chi connectivity index (χ1) is 15.3. The number of hydrogen-bond donors (Lipinski definition) is 1. The second-order valence-electron chi connectivity index (χ2n) is 7.47. The number of rotatable bonds is 9. The summed E-state index contributed by atoms with van der Waals surface area (Å²) < 4.78 is 32.0. The van der Waals surface area contributed by atoms with Crippen LogP contribution in [-0.4, -0.2) is 27.2 Å². The topological polar surface area (TPSA) is 75.7 Å². The van der Waals surface area contributed by atoms with E-state index in [-0.39, 0.29) is 18.5 Å². The Hall–Kier alpha value is -3.32. The van der Waals surface area contributed by atoms with Gasteiger partial charge in [-0.3, -0.25) is 9.10 Å². The molecule has 7 heteroatoms. The number of hydrogen-bond acceptors (Lipinski definition) is 4. The predicted molar refractivity (Wildman–Crippen MR) is 127 cm³/mol. The monoisotopic (exact) mass is 452 g/mol. The lowest BCUT2D eigenvalue weighted by Crippen LogP contribution is -2.33. The Morgan fingerprint density at radius 1 is 0.969 bits per heavy atom. The molecule has 3 aromatic rings. The molecule has 0 aliphatic rings. The third-order valence-electron chi connectivity index (χ3n) is 5.03. The highest BCUT2D eigenvalue weighted by atomic mass is 32.2. The molecule has 0 aliphatic carbocycles. The molecule has 0 aromatic heterocycles. The summed E-state index contributed by atoms with van der Waals surface area (Å²) in [6, 6.07) is 23.3. The van der Waals surface area contributed by atoms with E-state index in [1.807, 2.05) is 68.4 Å². The number of amides is 1. The summed E-state index contributed by atoms with van der Waals surface area (Å²) in [4.78, 5) is 13.1. The van der Waals surface area contributed by atoms with Gasteiger partial charge >= 0.3 is 0 Å². The van der Waals surface area contributed by atoms with E-state index in [1.54, 1.807) is 24.3 Å². The maximum Gasteiger partial charge on any atom is 0.253 e. The normalized spacial score (nSPS) is 12.1. The van der Waals surface area contributed by atoms with Crippen molar-refractivity contribution < 1.29 is 17.9 Å². The molecule has 6 nitrogen and oxygen atoms in total. The van der Waals surface area contributed by atoms with E-state index in [2.05, 4.69) is 5.32 Å². The predicted octanol–water partition coefficient (Wildman–Crippen LogP) is 4.54. The van der Waals surface area contributed by atoms with Crippen LogP contribution >= 0.6 is 0 Å². The average Bonchev–Trinajstić information content (AvgIpc) is 2.78. The van der Waals surface area contributed by atoms with Crippen molar-refractivity contribution in [1.29, 1.82) is 0 Å². The Morgan fingerprint density at radius 3 is 2.22 bits per heavy atom. The van der Waals surface area contributed by atoms with Gasteiger partial charge in [0.15, 0.2) is 0 Å². The van der Waals surface area contributed by atoms with Crippen molar-refractivity contribution in [2.45, 2.75) is 26.4 Å². The third-order valence-corrected chi connectivity index (χ3v) is 6.15. The molecule has 0 radical (unpaired) electrons. The molecule has 1 atom stereocenters. The van der Waals surface area contributed by atoms with Crippen LogP contribution in [0.4, 0.5) is 5.69 Å². The Balaban J connectivity index is 1.86. The van der Waals surface area contributed by atoms with Crippen molar-refractivity contribution in [2.24, 2.45) is 0 Å². The van der Waals surface area contributed by atoms with Crippen LogP contribution in [0, 0.1) is 0 Å². The van der Waals surface area contributed by atoms with Gasteiger partial charge in [0.2, 0.25) is 10.0 Å². The molecular weight excluding hydrogens is 424 g/mol. The second kappa shape index (κ2) is 10.3. The number of benzene rings is 3. The van der Waals surface area contributed by atoms with E-state index in [4.69, 9.17) is 4.74 Å². The molecule has 0 unspecified atom stereocenters. The van der Waals surface area contributed by atoms with Gasteiger partial charge in [-0.1, -0.05) is 54.6 Å². The van der Waals surface area contributed by atoms with Gasteiger partial charge in [0.05, 0.1) is 36.7 Å². The lowest BCUT2D eigenvalue weighted by atomic mass is 10.1. The van der Waals surface area contributed by atoms with E-state index < -0.39 is 10.0 Å². The summed E-state index contributed by atoms with van der Waals surface area (Å²) >= 11 is 0. The molecule has 0 fully saturated rings. The van der Waals surface area contributed by atoms with Gasteiger partial charge in [-0.05, 0) is 49.2 Å². The highest BCUT2D eigenvalue weighted by Crippen LogP contribution is 2.26. The van der Waals surface area contributed by atoms with E-state index in [0.717, 1.165) is 23.1 Å². The molecule has 0 bridgehead atoms. The molecule has 1 amide bonds. The summed E-state index contributed by atoms with van der Waals surface area (Å²) in [6.45, 7) is 4.53. The highest BCUT2D eigenvalue weighted by molar-refractivity contribution is 7.92. The zero-order valence-electron chi connectivity index (χ0n) is 18.5. The van der Waals surface area contributed by atoms with Gasteiger partial charge in [-0.2, -0.15) is 0 Å². The van der Waals surface area contributed by atoms with Crippen LogP contribution in [0.1, 0.15) is 41.4 Å². The van der Waals surface area contributed by atoms with Crippen LogP contribution in [0.2, 0.25) is 0 Å². The maximum atomic E-state index is 13.1. The Bertz CT molecular complexity index is 1150. The van der Waals surface area contributed by atoms with Crippen LogP contribution in [0.25, 0.3) is 0 Å². The third kappa shape index (κ3) is 5.88. The summed E-state index contributed by atoms with van der Waals surface area (Å²) in [5, 5.41) is 2.97. The first kappa shape index (κ1) is 23.3. The molecule has 3 aromatic carbocycles. The van der Waals surface area contributed by atoms with E-state index in [1.165, 1.54) is 4.31 Å². The average molecular weight is 453 g/mol. The van der Waals surface area contributed by atoms with Crippen molar-refractivity contribution >= 4 is 21.6 Å². The van der Waals surface area contributed by atoms with Crippen LogP contribution in [0.5, 0.6) is 5.75 Å². The second-order valence-corrected chi connectivity index (χ2v) is 9.38. The first-order valence-electron chi connectivity index (χ1n) is 10.4. The zero-order chi connectivity index (χ0) is 23.1. The molecule has 0 spiro atoms. The van der Waals surface area contributed by atoms with Gasteiger partial charge in [0.1, 0.15) is 5.75 Å². The van der Waals surface area contributed by atoms with Gasteiger partial charge in [0, 0.05) is 0 Å². The van der Waals surface area contributed by atoms with Gasteiger partial charge < -0.3 is 10.1 Å². The molecule has 168 valence electrons. The smallest absolute Gasteiger partial charge is 0.253 e. The van der Waals surface area contributed by atoms with Gasteiger partial charge in [0.25, 0.3) is 5.91 Å². The van der Waals surface area contributed by atoms with Crippen molar-refractivity contribution in [3.8, 4) is 5.75 Å². The fraction of sp³-hybridized carbons (Fsp3) is 0.240. The van der Waals surface area contributed by atoms with E-state index >= 15 is 0 Å². The summed E-state index contributed by atoms with van der Waals surface area (Å²) in [5.41, 5.74) is 2.39. The van der Waals surface area contributed by atoms with Crippen molar-refractivity contribution in [1.82, 2.24) is 5.32 Å². The number of carbonyl (C=O) groups excluding carboxylic acids is 1. The van der Waals surface area contributed by atoms with Crippen LogP contribution in [0.3, 0.4) is 0 Å². The lowest BCUT2D eigenvalue weighted by Gasteiger charge is -2.25. The Morgan fingerprint density at radius 2 is 1.59 bits per heavy atom. The molecule has 0 saturated heterocycles. The van der Waals surface area contributed by atoms with Crippen LogP contribution < -0.4 is 14.4 Å². The molecule has 3 rings (SSSR count). The van der Waals surface area contributed by atoms with Crippen LogP contribution in [-0.2, 0) is 16.6 Å². The molecule has 32 heavy (non-hydrogen) atoms. The highest BCUT2D eigenvalue weighted by Gasteiger charge is 2.24. The van der Waals surface area contributed by atoms with Gasteiger partial charge in [-0.15, -0.1) is 0 Å². The quantitative estimate of drug-likeness (QED) is 0.517. The standard InChI is InChI=1S/C25H28N2O4S/c1-4-31-22-16-14-21(15-17-22)19(2)26-25(28)23-12-8-9-13-24(23)27(32(3,29)30)18-20-10-6-5-7-11-20/h5-17,19H,4,18H2,1-3H3,(H,26,28)/t19-/m0/s1. The van der Waals surface area contributed by atoms with Crippen molar-refractivity contribution in [2.75, 3.05) is 17.2 Å². The number of nitrogens with one attached hydrogen (secondary N) is 1. The molecule has 0 aliphatic heterocycles. The number of nitrogens with zero attached hydrogens (tertiary/aromatic N) is 1.